The van der Waals surface area contributed by atoms with E-state index in [0.29, 0.717) is 15.1 Å². The first-order valence-corrected chi connectivity index (χ1v) is 5.65. The van der Waals surface area contributed by atoms with Crippen LogP contribution in [0.5, 0.6) is 5.75 Å². The van der Waals surface area contributed by atoms with E-state index >= 15 is 0 Å². The van der Waals surface area contributed by atoms with Crippen LogP contribution in [0.2, 0.25) is 15.1 Å². The van der Waals surface area contributed by atoms with Gasteiger partial charge in [0.1, 0.15) is 5.75 Å². The van der Waals surface area contributed by atoms with Gasteiger partial charge in [0.2, 0.25) is 0 Å². The zero-order valence-corrected chi connectivity index (χ0v) is 10.3. The number of aromatic hydroxyl groups is 1. The Balaban J connectivity index is 2.59. The molecule has 0 bridgehead atoms. The van der Waals surface area contributed by atoms with E-state index < -0.39 is 0 Å². The van der Waals surface area contributed by atoms with Crippen molar-refractivity contribution in [3.63, 3.8) is 0 Å². The van der Waals surface area contributed by atoms with E-state index in [-0.39, 0.29) is 5.75 Å². The van der Waals surface area contributed by atoms with E-state index in [2.05, 4.69) is 0 Å². The topological polar surface area (TPSA) is 20.2 Å². The number of hydrogen-bond acceptors (Lipinski definition) is 1. The number of phenols is 1. The maximum absolute atomic E-state index is 9.20. The van der Waals surface area contributed by atoms with Crippen molar-refractivity contribution in [1.82, 2.24) is 0 Å². The van der Waals surface area contributed by atoms with Crippen molar-refractivity contribution >= 4 is 34.8 Å². The summed E-state index contributed by atoms with van der Waals surface area (Å²) in [5.41, 5.74) is 1.60. The third-order valence-corrected chi connectivity index (χ3v) is 3.19. The fourth-order valence-corrected chi connectivity index (χ4v) is 2.12. The molecule has 0 aliphatic rings. The predicted octanol–water partition coefficient (Wildman–Crippen LogP) is 5.02. The third kappa shape index (κ3) is 2.27. The summed E-state index contributed by atoms with van der Waals surface area (Å²) < 4.78 is 0. The van der Waals surface area contributed by atoms with Gasteiger partial charge < -0.3 is 5.11 Å². The zero-order chi connectivity index (χ0) is 11.7. The minimum atomic E-state index is 0.202. The summed E-state index contributed by atoms with van der Waals surface area (Å²) in [4.78, 5) is 0. The standard InChI is InChI=1S/C12H7Cl3O/c13-8-5-10(12(15)11(14)6-8)7-1-3-9(16)4-2-7/h1-6,16H. The molecule has 0 aliphatic carbocycles. The van der Waals surface area contributed by atoms with Crippen LogP contribution in [0.15, 0.2) is 36.4 Å². The fourth-order valence-electron chi connectivity index (χ4n) is 1.41. The van der Waals surface area contributed by atoms with Gasteiger partial charge in [-0.3, -0.25) is 0 Å². The monoisotopic (exact) mass is 272 g/mol. The van der Waals surface area contributed by atoms with Crippen molar-refractivity contribution < 1.29 is 5.11 Å². The van der Waals surface area contributed by atoms with Crippen molar-refractivity contribution in [3.8, 4) is 16.9 Å². The SMILES string of the molecule is Oc1ccc(-c2cc(Cl)cc(Cl)c2Cl)cc1. The molecular formula is C12H7Cl3O. The number of phenolic OH excluding ortho intramolecular Hbond substituents is 1. The van der Waals surface area contributed by atoms with Crippen LogP contribution < -0.4 is 0 Å². The minimum Gasteiger partial charge on any atom is -0.508 e. The van der Waals surface area contributed by atoms with Gasteiger partial charge in [-0.05, 0) is 29.8 Å². The number of hydrogen-bond donors (Lipinski definition) is 1. The highest BCUT2D eigenvalue weighted by atomic mass is 35.5. The van der Waals surface area contributed by atoms with Crippen molar-refractivity contribution in [3.05, 3.63) is 51.5 Å². The maximum Gasteiger partial charge on any atom is 0.115 e. The van der Waals surface area contributed by atoms with Gasteiger partial charge in [-0.15, -0.1) is 0 Å². The second kappa shape index (κ2) is 4.54. The van der Waals surface area contributed by atoms with Crippen LogP contribution in [0.25, 0.3) is 11.1 Å². The molecular weight excluding hydrogens is 266 g/mol. The van der Waals surface area contributed by atoms with Crippen LogP contribution in [0.4, 0.5) is 0 Å². The summed E-state index contributed by atoms with van der Waals surface area (Å²) in [7, 11) is 0. The highest BCUT2D eigenvalue weighted by Gasteiger charge is 2.08. The Morgan fingerprint density at radius 1 is 0.875 bits per heavy atom. The highest BCUT2D eigenvalue weighted by Crippen LogP contribution is 2.36. The molecule has 0 fully saturated rings. The Bertz CT molecular complexity index is 521. The molecule has 0 saturated heterocycles. The van der Waals surface area contributed by atoms with Gasteiger partial charge in [0.25, 0.3) is 0 Å². The van der Waals surface area contributed by atoms with Gasteiger partial charge in [0.15, 0.2) is 0 Å². The van der Waals surface area contributed by atoms with Crippen molar-refractivity contribution in [2.24, 2.45) is 0 Å². The molecule has 0 atom stereocenters. The van der Waals surface area contributed by atoms with Gasteiger partial charge in [0, 0.05) is 10.6 Å². The third-order valence-electron chi connectivity index (χ3n) is 2.17. The lowest BCUT2D eigenvalue weighted by molar-refractivity contribution is 0.475. The Kier molecular flexibility index (Phi) is 3.29. The lowest BCUT2D eigenvalue weighted by Crippen LogP contribution is -1.81. The highest BCUT2D eigenvalue weighted by molar-refractivity contribution is 6.45. The summed E-state index contributed by atoms with van der Waals surface area (Å²) >= 11 is 17.9. The number of rotatable bonds is 1. The molecule has 0 heterocycles. The van der Waals surface area contributed by atoms with E-state index in [1.165, 1.54) is 0 Å². The average Bonchev–Trinajstić information content (AvgIpc) is 2.25. The Hall–Kier alpha value is -0.890. The van der Waals surface area contributed by atoms with E-state index in [0.717, 1.165) is 11.1 Å². The van der Waals surface area contributed by atoms with Crippen molar-refractivity contribution in [2.45, 2.75) is 0 Å². The molecule has 1 N–H and O–H groups in total. The van der Waals surface area contributed by atoms with Crippen molar-refractivity contribution in [1.29, 1.82) is 0 Å². The first-order chi connectivity index (χ1) is 7.58. The van der Waals surface area contributed by atoms with Crippen LogP contribution in [0, 0.1) is 0 Å². The molecule has 0 radical (unpaired) electrons. The van der Waals surface area contributed by atoms with Gasteiger partial charge in [-0.1, -0.05) is 46.9 Å². The zero-order valence-electron chi connectivity index (χ0n) is 8.05. The summed E-state index contributed by atoms with van der Waals surface area (Å²) in [5.74, 6) is 0.202. The van der Waals surface area contributed by atoms with Crippen LogP contribution >= 0.6 is 34.8 Å². The van der Waals surface area contributed by atoms with E-state index in [9.17, 15) is 5.11 Å². The summed E-state index contributed by atoms with van der Waals surface area (Å²) in [6, 6.07) is 10.0. The second-order valence-electron chi connectivity index (χ2n) is 3.30. The van der Waals surface area contributed by atoms with Crippen LogP contribution in [-0.2, 0) is 0 Å². The molecule has 2 aromatic rings. The van der Waals surface area contributed by atoms with Gasteiger partial charge in [0.05, 0.1) is 10.0 Å². The van der Waals surface area contributed by atoms with E-state index in [4.69, 9.17) is 34.8 Å². The Morgan fingerprint density at radius 3 is 2.12 bits per heavy atom. The van der Waals surface area contributed by atoms with E-state index in [1.807, 2.05) is 0 Å². The maximum atomic E-state index is 9.20. The summed E-state index contributed by atoms with van der Waals surface area (Å²) in [6.07, 6.45) is 0. The van der Waals surface area contributed by atoms with E-state index in [1.54, 1.807) is 36.4 Å². The van der Waals surface area contributed by atoms with Gasteiger partial charge in [-0.2, -0.15) is 0 Å². The molecule has 0 aliphatic heterocycles. The molecule has 0 saturated carbocycles. The summed E-state index contributed by atoms with van der Waals surface area (Å²) in [6.45, 7) is 0. The molecule has 2 aromatic carbocycles. The number of benzene rings is 2. The van der Waals surface area contributed by atoms with Crippen LogP contribution in [0.1, 0.15) is 0 Å². The minimum absolute atomic E-state index is 0.202. The molecule has 0 amide bonds. The normalized spacial score (nSPS) is 10.4. The quantitative estimate of drug-likeness (QED) is 0.723. The Morgan fingerprint density at radius 2 is 1.50 bits per heavy atom. The van der Waals surface area contributed by atoms with Gasteiger partial charge in [-0.25, -0.2) is 0 Å². The second-order valence-corrected chi connectivity index (χ2v) is 4.52. The molecule has 0 aromatic heterocycles. The molecule has 4 heteroatoms. The number of halogens is 3. The lowest BCUT2D eigenvalue weighted by atomic mass is 10.1. The van der Waals surface area contributed by atoms with Crippen LogP contribution in [-0.4, -0.2) is 5.11 Å². The molecule has 82 valence electrons. The average molecular weight is 274 g/mol. The molecule has 1 nitrogen and oxygen atoms in total. The lowest BCUT2D eigenvalue weighted by Gasteiger charge is -2.07. The first kappa shape index (κ1) is 11.6. The van der Waals surface area contributed by atoms with Crippen molar-refractivity contribution in [2.75, 3.05) is 0 Å². The molecule has 0 unspecified atom stereocenters. The molecule has 0 spiro atoms. The first-order valence-electron chi connectivity index (χ1n) is 4.52. The Labute approximate surface area is 108 Å². The molecule has 2 rings (SSSR count). The molecule has 16 heavy (non-hydrogen) atoms. The largest absolute Gasteiger partial charge is 0.508 e. The van der Waals surface area contributed by atoms with Crippen LogP contribution in [0.3, 0.4) is 0 Å². The predicted molar refractivity (Wildman–Crippen MR) is 68.6 cm³/mol. The fraction of sp³-hybridized carbons (Fsp3) is 0. The summed E-state index contributed by atoms with van der Waals surface area (Å²) in [5, 5.41) is 10.6. The smallest absolute Gasteiger partial charge is 0.115 e. The van der Waals surface area contributed by atoms with Gasteiger partial charge >= 0.3 is 0 Å².